The summed E-state index contributed by atoms with van der Waals surface area (Å²) in [5.41, 5.74) is 2.03. The van der Waals surface area contributed by atoms with Gasteiger partial charge in [-0.2, -0.15) is 0 Å². The Morgan fingerprint density at radius 1 is 1.10 bits per heavy atom. The van der Waals surface area contributed by atoms with Crippen LogP contribution in [0.4, 0.5) is 5.69 Å². The molecule has 2 N–H and O–H groups in total. The summed E-state index contributed by atoms with van der Waals surface area (Å²) < 4.78 is 0.822. The van der Waals surface area contributed by atoms with Gasteiger partial charge in [-0.15, -0.1) is 0 Å². The van der Waals surface area contributed by atoms with Gasteiger partial charge >= 0.3 is 5.97 Å². The van der Waals surface area contributed by atoms with Crippen molar-refractivity contribution in [1.29, 1.82) is 0 Å². The monoisotopic (exact) mass is 333 g/mol. The molecule has 0 aliphatic heterocycles. The molecule has 0 spiro atoms. The molecule has 0 saturated heterocycles. The zero-order valence-corrected chi connectivity index (χ0v) is 12.3. The molecule has 102 valence electrons. The normalized spacial score (nSPS) is 10.1. The summed E-state index contributed by atoms with van der Waals surface area (Å²) >= 11 is 3.31. The van der Waals surface area contributed by atoms with Gasteiger partial charge in [0.25, 0.3) is 5.91 Å². The van der Waals surface area contributed by atoms with Crippen molar-refractivity contribution in [2.45, 2.75) is 6.92 Å². The average Bonchev–Trinajstić information content (AvgIpc) is 2.40. The first-order valence-corrected chi connectivity index (χ1v) is 6.67. The van der Waals surface area contributed by atoms with Crippen LogP contribution in [0.15, 0.2) is 46.9 Å². The van der Waals surface area contributed by atoms with Gasteiger partial charge in [-0.3, -0.25) is 4.79 Å². The Morgan fingerprint density at radius 3 is 2.45 bits per heavy atom. The van der Waals surface area contributed by atoms with Crippen molar-refractivity contribution in [2.75, 3.05) is 5.32 Å². The van der Waals surface area contributed by atoms with Crippen molar-refractivity contribution < 1.29 is 14.7 Å². The Kier molecular flexibility index (Phi) is 4.20. The number of carboxylic acid groups (broad SMARTS) is 1. The number of hydrogen-bond donors (Lipinski definition) is 2. The highest BCUT2D eigenvalue weighted by atomic mass is 79.9. The first-order chi connectivity index (χ1) is 9.47. The molecule has 1 amide bonds. The topological polar surface area (TPSA) is 66.4 Å². The largest absolute Gasteiger partial charge is 0.478 e. The molecule has 0 unspecified atom stereocenters. The number of rotatable bonds is 3. The lowest BCUT2D eigenvalue weighted by molar-refractivity contribution is 0.0696. The number of halogens is 1. The molecule has 0 aromatic heterocycles. The van der Waals surface area contributed by atoms with Crippen molar-refractivity contribution in [3.63, 3.8) is 0 Å². The van der Waals surface area contributed by atoms with E-state index in [2.05, 4.69) is 21.2 Å². The maximum atomic E-state index is 12.1. The third-order valence-electron chi connectivity index (χ3n) is 2.81. The summed E-state index contributed by atoms with van der Waals surface area (Å²) in [6.45, 7) is 1.75. The Bertz CT molecular complexity index is 683. The lowest BCUT2D eigenvalue weighted by atomic mass is 10.1. The Hall–Kier alpha value is -2.14. The number of aromatic carboxylic acids is 1. The second-order valence-electron chi connectivity index (χ2n) is 4.30. The maximum absolute atomic E-state index is 12.1. The van der Waals surface area contributed by atoms with Crippen LogP contribution >= 0.6 is 15.9 Å². The number of carboxylic acids is 1. The summed E-state index contributed by atoms with van der Waals surface area (Å²) in [5.74, 6) is -1.23. The smallest absolute Gasteiger partial charge is 0.335 e. The van der Waals surface area contributed by atoms with E-state index in [1.807, 2.05) is 6.07 Å². The number of carbonyl (C=O) groups is 2. The second kappa shape index (κ2) is 5.88. The van der Waals surface area contributed by atoms with E-state index in [0.717, 1.165) is 4.47 Å². The van der Waals surface area contributed by atoms with Crippen LogP contribution in [0.3, 0.4) is 0 Å². The Morgan fingerprint density at radius 2 is 1.85 bits per heavy atom. The van der Waals surface area contributed by atoms with Crippen LogP contribution < -0.4 is 5.32 Å². The maximum Gasteiger partial charge on any atom is 0.335 e. The Labute approximate surface area is 124 Å². The fourth-order valence-corrected chi connectivity index (χ4v) is 2.16. The highest BCUT2D eigenvalue weighted by Crippen LogP contribution is 2.18. The van der Waals surface area contributed by atoms with E-state index < -0.39 is 5.97 Å². The van der Waals surface area contributed by atoms with E-state index in [9.17, 15) is 9.59 Å². The fraction of sp³-hybridized carbons (Fsp3) is 0.0667. The molecule has 0 fully saturated rings. The fourth-order valence-electron chi connectivity index (χ4n) is 1.76. The van der Waals surface area contributed by atoms with Crippen LogP contribution in [-0.2, 0) is 0 Å². The van der Waals surface area contributed by atoms with Gasteiger partial charge in [-0.25, -0.2) is 4.79 Å². The number of aryl methyl sites for hydroxylation is 1. The minimum absolute atomic E-state index is 0.197. The molecular formula is C15H12BrNO3. The quantitative estimate of drug-likeness (QED) is 0.899. The summed E-state index contributed by atoms with van der Waals surface area (Å²) in [6.07, 6.45) is 0. The van der Waals surface area contributed by atoms with Crippen LogP contribution in [0, 0.1) is 6.92 Å². The highest BCUT2D eigenvalue weighted by molar-refractivity contribution is 9.10. The minimum atomic E-state index is -0.988. The van der Waals surface area contributed by atoms with Crippen LogP contribution in [0.25, 0.3) is 0 Å². The molecule has 2 aromatic rings. The molecule has 0 aliphatic carbocycles. The van der Waals surface area contributed by atoms with E-state index in [-0.39, 0.29) is 11.5 Å². The second-order valence-corrected chi connectivity index (χ2v) is 5.22. The summed E-state index contributed by atoms with van der Waals surface area (Å²) in [7, 11) is 0. The van der Waals surface area contributed by atoms with Gasteiger partial charge in [-0.1, -0.05) is 22.0 Å². The summed E-state index contributed by atoms with van der Waals surface area (Å²) in [5, 5.41) is 11.7. The van der Waals surface area contributed by atoms with E-state index in [1.165, 1.54) is 12.1 Å². The third-order valence-corrected chi connectivity index (χ3v) is 3.30. The number of benzene rings is 2. The van der Waals surface area contributed by atoms with Crippen molar-refractivity contribution >= 4 is 33.5 Å². The van der Waals surface area contributed by atoms with Crippen LogP contribution in [0.1, 0.15) is 26.3 Å². The number of carbonyl (C=O) groups excluding carboxylic acids is 1. The number of nitrogens with one attached hydrogen (secondary N) is 1. The number of anilines is 1. The minimum Gasteiger partial charge on any atom is -0.478 e. The number of amides is 1. The average molecular weight is 334 g/mol. The summed E-state index contributed by atoms with van der Waals surface area (Å²) in [4.78, 5) is 22.9. The van der Waals surface area contributed by atoms with E-state index in [4.69, 9.17) is 5.11 Å². The third kappa shape index (κ3) is 3.24. The molecule has 0 bridgehead atoms. The molecule has 0 aliphatic rings. The molecule has 2 aromatic carbocycles. The predicted molar refractivity (Wildman–Crippen MR) is 80.2 cm³/mol. The molecule has 2 rings (SSSR count). The van der Waals surface area contributed by atoms with Gasteiger partial charge in [-0.05, 0) is 48.9 Å². The van der Waals surface area contributed by atoms with Crippen LogP contribution in [0.5, 0.6) is 0 Å². The molecule has 0 radical (unpaired) electrons. The summed E-state index contributed by atoms with van der Waals surface area (Å²) in [6, 6.07) is 11.6. The van der Waals surface area contributed by atoms with Crippen molar-refractivity contribution in [2.24, 2.45) is 0 Å². The molecule has 5 heteroatoms. The predicted octanol–water partition coefficient (Wildman–Crippen LogP) is 3.71. The molecule has 20 heavy (non-hydrogen) atoms. The van der Waals surface area contributed by atoms with Crippen molar-refractivity contribution in [3.05, 3.63) is 63.6 Å². The van der Waals surface area contributed by atoms with Gasteiger partial charge < -0.3 is 10.4 Å². The lowest BCUT2D eigenvalue weighted by Crippen LogP contribution is -2.13. The van der Waals surface area contributed by atoms with Gasteiger partial charge in [0.1, 0.15) is 0 Å². The number of hydrogen-bond acceptors (Lipinski definition) is 2. The van der Waals surface area contributed by atoms with E-state index in [0.29, 0.717) is 16.8 Å². The first-order valence-electron chi connectivity index (χ1n) is 5.88. The van der Waals surface area contributed by atoms with Crippen molar-refractivity contribution in [1.82, 2.24) is 0 Å². The lowest BCUT2D eigenvalue weighted by Gasteiger charge is -2.09. The van der Waals surface area contributed by atoms with Crippen LogP contribution in [-0.4, -0.2) is 17.0 Å². The molecule has 0 heterocycles. The van der Waals surface area contributed by atoms with Crippen molar-refractivity contribution in [3.8, 4) is 0 Å². The SMILES string of the molecule is Cc1cc(C(=O)O)ccc1NC(=O)c1cccc(Br)c1. The zero-order valence-electron chi connectivity index (χ0n) is 10.7. The standard InChI is InChI=1S/C15H12BrNO3/c1-9-7-11(15(19)20)5-6-13(9)17-14(18)10-3-2-4-12(16)8-10/h2-8H,1H3,(H,17,18)(H,19,20). The molecule has 0 atom stereocenters. The Balaban J connectivity index is 2.22. The van der Waals surface area contributed by atoms with Gasteiger partial charge in [0, 0.05) is 15.7 Å². The molecule has 4 nitrogen and oxygen atoms in total. The molecule has 0 saturated carbocycles. The van der Waals surface area contributed by atoms with E-state index >= 15 is 0 Å². The highest BCUT2D eigenvalue weighted by Gasteiger charge is 2.10. The molecular weight excluding hydrogens is 322 g/mol. The van der Waals surface area contributed by atoms with Crippen LogP contribution in [0.2, 0.25) is 0 Å². The first kappa shape index (κ1) is 14.3. The van der Waals surface area contributed by atoms with E-state index in [1.54, 1.807) is 31.2 Å². The van der Waals surface area contributed by atoms with Gasteiger partial charge in [0.15, 0.2) is 0 Å². The van der Waals surface area contributed by atoms with Gasteiger partial charge in [0.05, 0.1) is 5.56 Å². The van der Waals surface area contributed by atoms with Gasteiger partial charge in [0.2, 0.25) is 0 Å². The zero-order chi connectivity index (χ0) is 14.7.